The average molecular weight is 415 g/mol. The maximum absolute atomic E-state index is 13.2. The first-order chi connectivity index (χ1) is 12.0. The summed E-state index contributed by atoms with van der Waals surface area (Å²) in [5.74, 6) is 0.114. The molecule has 1 N–H and O–H groups in total. The van der Waals surface area contributed by atoms with Gasteiger partial charge in [-0.15, -0.1) is 0 Å². The normalized spacial score (nSPS) is 18.3. The molecule has 1 aromatic carbocycles. The van der Waals surface area contributed by atoms with Crippen LogP contribution in [0.4, 0.5) is 13.2 Å². The molecule has 1 heterocycles. The summed E-state index contributed by atoms with van der Waals surface area (Å²) in [5.41, 5.74) is -1.27. The van der Waals surface area contributed by atoms with E-state index in [0.29, 0.717) is 32.4 Å². The number of benzene rings is 1. The third-order valence-corrected chi connectivity index (χ3v) is 6.02. The first kappa shape index (κ1) is 21.4. The van der Waals surface area contributed by atoms with Crippen LogP contribution >= 0.6 is 11.6 Å². The zero-order chi connectivity index (χ0) is 19.5. The predicted molar refractivity (Wildman–Crippen MR) is 92.7 cm³/mol. The molecule has 1 aromatic rings. The maximum Gasteiger partial charge on any atom is 0.417 e. The van der Waals surface area contributed by atoms with Crippen LogP contribution in [0.3, 0.4) is 0 Å². The largest absolute Gasteiger partial charge is 0.417 e. The topological polar surface area (TPSA) is 58.6 Å². The van der Waals surface area contributed by atoms with E-state index in [1.165, 1.54) is 0 Å². The average Bonchev–Trinajstić information content (AvgIpc) is 2.54. The first-order valence-electron chi connectivity index (χ1n) is 8.20. The molecule has 1 aliphatic rings. The van der Waals surface area contributed by atoms with Crippen molar-refractivity contribution in [2.24, 2.45) is 5.92 Å². The third kappa shape index (κ3) is 5.32. The van der Waals surface area contributed by atoms with Gasteiger partial charge in [-0.2, -0.15) is 13.2 Å². The van der Waals surface area contributed by atoms with Crippen molar-refractivity contribution in [1.29, 1.82) is 0 Å². The number of morpholine rings is 1. The van der Waals surface area contributed by atoms with Gasteiger partial charge in [-0.3, -0.25) is 4.90 Å². The molecule has 5 nitrogen and oxygen atoms in total. The lowest BCUT2D eigenvalue weighted by Crippen LogP contribution is -2.51. The van der Waals surface area contributed by atoms with E-state index in [2.05, 4.69) is 9.62 Å². The molecule has 0 amide bonds. The van der Waals surface area contributed by atoms with Gasteiger partial charge in [-0.05, 0) is 24.1 Å². The van der Waals surface area contributed by atoms with E-state index in [0.717, 1.165) is 12.1 Å². The van der Waals surface area contributed by atoms with Crippen molar-refractivity contribution in [3.63, 3.8) is 0 Å². The summed E-state index contributed by atoms with van der Waals surface area (Å²) in [5, 5.41) is -0.176. The molecule has 1 unspecified atom stereocenters. The highest BCUT2D eigenvalue weighted by Gasteiger charge is 2.38. The van der Waals surface area contributed by atoms with E-state index in [4.69, 9.17) is 16.3 Å². The smallest absolute Gasteiger partial charge is 0.379 e. The van der Waals surface area contributed by atoms with Gasteiger partial charge in [0.1, 0.15) is 0 Å². The van der Waals surface area contributed by atoms with E-state index < -0.39 is 26.7 Å². The Morgan fingerprint density at radius 3 is 2.42 bits per heavy atom. The Morgan fingerprint density at radius 2 is 1.88 bits per heavy atom. The van der Waals surface area contributed by atoms with E-state index >= 15 is 0 Å². The lowest BCUT2D eigenvalue weighted by Gasteiger charge is -2.36. The van der Waals surface area contributed by atoms with Crippen molar-refractivity contribution in [3.05, 3.63) is 28.8 Å². The number of alkyl halides is 3. The van der Waals surface area contributed by atoms with Crippen LogP contribution in [0.5, 0.6) is 0 Å². The number of rotatable bonds is 6. The molecule has 10 heteroatoms. The van der Waals surface area contributed by atoms with Crippen LogP contribution in [0.15, 0.2) is 23.1 Å². The first-order valence-corrected chi connectivity index (χ1v) is 10.1. The standard InChI is InChI=1S/C16H22ClF3N2O3S/c1-11(2)14(22-5-7-25-8-6-22)10-21-26(23,24)15-4-3-12(17)9-13(15)16(18,19)20/h3-4,9,11,14,21H,5-8,10H2,1-2H3. The second-order valence-electron chi connectivity index (χ2n) is 6.45. The Kier molecular flexibility index (Phi) is 6.95. The molecular formula is C16H22ClF3N2O3S. The van der Waals surface area contributed by atoms with Crippen LogP contribution < -0.4 is 4.72 Å². The number of halogens is 4. The summed E-state index contributed by atoms with van der Waals surface area (Å²) < 4.78 is 72.3. The molecule has 1 saturated heterocycles. The van der Waals surface area contributed by atoms with Crippen molar-refractivity contribution >= 4 is 21.6 Å². The zero-order valence-electron chi connectivity index (χ0n) is 14.5. The summed E-state index contributed by atoms with van der Waals surface area (Å²) in [6.07, 6.45) is -4.82. The molecule has 1 fully saturated rings. The number of hydrogen-bond acceptors (Lipinski definition) is 4. The van der Waals surface area contributed by atoms with Gasteiger partial charge < -0.3 is 4.74 Å². The van der Waals surface area contributed by atoms with Gasteiger partial charge in [0, 0.05) is 30.7 Å². The summed E-state index contributed by atoms with van der Waals surface area (Å²) in [7, 11) is -4.34. The molecule has 0 saturated carbocycles. The van der Waals surface area contributed by atoms with Crippen LogP contribution in [-0.2, 0) is 20.9 Å². The Hall–Kier alpha value is -0.870. The monoisotopic (exact) mass is 414 g/mol. The molecule has 148 valence electrons. The van der Waals surface area contributed by atoms with Crippen LogP contribution in [0.2, 0.25) is 5.02 Å². The number of nitrogens with one attached hydrogen (secondary N) is 1. The van der Waals surface area contributed by atoms with Crippen molar-refractivity contribution in [1.82, 2.24) is 9.62 Å². The second kappa shape index (κ2) is 8.43. The number of nitrogens with zero attached hydrogens (tertiary/aromatic N) is 1. The molecule has 1 aliphatic heterocycles. The van der Waals surface area contributed by atoms with E-state index in [-0.39, 0.29) is 23.5 Å². The third-order valence-electron chi connectivity index (χ3n) is 4.30. The minimum atomic E-state index is -4.82. The lowest BCUT2D eigenvalue weighted by molar-refractivity contribution is -0.139. The van der Waals surface area contributed by atoms with Gasteiger partial charge in [-0.25, -0.2) is 13.1 Å². The summed E-state index contributed by atoms with van der Waals surface area (Å²) in [4.78, 5) is 1.27. The van der Waals surface area contributed by atoms with Crippen molar-refractivity contribution in [2.45, 2.75) is 31.0 Å². The van der Waals surface area contributed by atoms with Gasteiger partial charge >= 0.3 is 6.18 Å². The molecular weight excluding hydrogens is 393 g/mol. The van der Waals surface area contributed by atoms with Crippen LogP contribution in [0, 0.1) is 5.92 Å². The minimum Gasteiger partial charge on any atom is -0.379 e. The van der Waals surface area contributed by atoms with Crippen molar-refractivity contribution < 1.29 is 26.3 Å². The van der Waals surface area contributed by atoms with Crippen LogP contribution in [0.25, 0.3) is 0 Å². The SMILES string of the molecule is CC(C)C(CNS(=O)(=O)c1ccc(Cl)cc1C(F)(F)F)N1CCOCC1. The highest BCUT2D eigenvalue weighted by molar-refractivity contribution is 7.89. The molecule has 2 rings (SSSR count). The number of ether oxygens (including phenoxy) is 1. The second-order valence-corrected chi connectivity index (χ2v) is 8.62. The van der Waals surface area contributed by atoms with E-state index in [1.807, 2.05) is 13.8 Å². The molecule has 0 spiro atoms. The fourth-order valence-corrected chi connectivity index (χ4v) is 4.36. The summed E-state index contributed by atoms with van der Waals surface area (Å²) in [6.45, 7) is 6.30. The highest BCUT2D eigenvalue weighted by atomic mass is 35.5. The number of hydrogen-bond donors (Lipinski definition) is 1. The van der Waals surface area contributed by atoms with Crippen molar-refractivity contribution in [3.8, 4) is 0 Å². The molecule has 26 heavy (non-hydrogen) atoms. The fraction of sp³-hybridized carbons (Fsp3) is 0.625. The highest BCUT2D eigenvalue weighted by Crippen LogP contribution is 2.35. The van der Waals surface area contributed by atoms with Crippen LogP contribution in [-0.4, -0.2) is 52.2 Å². The molecule has 1 atom stereocenters. The van der Waals surface area contributed by atoms with Gasteiger partial charge in [0.2, 0.25) is 10.0 Å². The van der Waals surface area contributed by atoms with Crippen LogP contribution in [0.1, 0.15) is 19.4 Å². The fourth-order valence-electron chi connectivity index (χ4n) is 2.93. The summed E-state index contributed by atoms with van der Waals surface area (Å²) >= 11 is 5.61. The Bertz CT molecular complexity index is 720. The van der Waals surface area contributed by atoms with Gasteiger partial charge in [0.25, 0.3) is 0 Å². The predicted octanol–water partition coefficient (Wildman–Crippen LogP) is 2.99. The maximum atomic E-state index is 13.2. The van der Waals surface area contributed by atoms with Gasteiger partial charge in [0.05, 0.1) is 23.7 Å². The Labute approximate surface area is 156 Å². The van der Waals surface area contributed by atoms with E-state index in [1.54, 1.807) is 0 Å². The van der Waals surface area contributed by atoms with Crippen molar-refractivity contribution in [2.75, 3.05) is 32.8 Å². The molecule has 0 aromatic heterocycles. The number of sulfonamides is 1. The molecule has 0 radical (unpaired) electrons. The molecule has 0 bridgehead atoms. The Balaban J connectivity index is 2.22. The summed E-state index contributed by atoms with van der Waals surface area (Å²) in [6, 6.07) is 2.49. The van der Waals surface area contributed by atoms with Gasteiger partial charge in [-0.1, -0.05) is 25.4 Å². The molecule has 0 aliphatic carbocycles. The Morgan fingerprint density at radius 1 is 1.27 bits per heavy atom. The lowest BCUT2D eigenvalue weighted by atomic mass is 10.0. The quantitative estimate of drug-likeness (QED) is 0.777. The van der Waals surface area contributed by atoms with Gasteiger partial charge in [0.15, 0.2) is 0 Å². The minimum absolute atomic E-state index is 0.0138. The zero-order valence-corrected chi connectivity index (χ0v) is 16.1. The van der Waals surface area contributed by atoms with E-state index in [9.17, 15) is 21.6 Å².